The topological polar surface area (TPSA) is 66.7 Å². The van der Waals surface area contributed by atoms with Crippen LogP contribution in [0.5, 0.6) is 0 Å². The molecule has 1 saturated heterocycles. The first-order chi connectivity index (χ1) is 16.5. The minimum Gasteiger partial charge on any atom is -0.367 e. The molecule has 3 heterocycles. The molecule has 1 amide bonds. The predicted molar refractivity (Wildman–Crippen MR) is 145 cm³/mol. The molecule has 1 saturated carbocycles. The summed E-state index contributed by atoms with van der Waals surface area (Å²) in [5.41, 5.74) is 1.84. The van der Waals surface area contributed by atoms with E-state index in [4.69, 9.17) is 17.2 Å². The Hall–Kier alpha value is -2.19. The number of pyridine rings is 1. The Morgan fingerprint density at radius 2 is 1.94 bits per heavy atom. The zero-order valence-electron chi connectivity index (χ0n) is 20.1. The van der Waals surface area contributed by atoms with Crippen LogP contribution in [0.4, 0.5) is 5.82 Å². The molecule has 1 aliphatic carbocycles. The van der Waals surface area contributed by atoms with Crippen LogP contribution in [0.3, 0.4) is 0 Å². The van der Waals surface area contributed by atoms with Gasteiger partial charge in [0.1, 0.15) is 15.8 Å². The molecular weight excluding hydrogens is 464 g/mol. The summed E-state index contributed by atoms with van der Waals surface area (Å²) in [6.07, 6.45) is 14.8. The molecular formula is C26H34N4O2S2. The highest BCUT2D eigenvalue weighted by Gasteiger charge is 2.32. The molecule has 0 spiro atoms. The maximum atomic E-state index is 13.5. The second-order valence-electron chi connectivity index (χ2n) is 9.29. The third kappa shape index (κ3) is 5.54. The maximum absolute atomic E-state index is 13.5. The van der Waals surface area contributed by atoms with Crippen LogP contribution >= 0.6 is 24.0 Å². The van der Waals surface area contributed by atoms with Gasteiger partial charge in [-0.3, -0.25) is 18.9 Å². The molecule has 4 rings (SSSR count). The second-order valence-corrected chi connectivity index (χ2v) is 11.0. The van der Waals surface area contributed by atoms with E-state index in [1.54, 1.807) is 21.6 Å². The third-order valence-corrected chi connectivity index (χ3v) is 8.04. The predicted octanol–water partition coefficient (Wildman–Crippen LogP) is 5.92. The number of nitrogens with zero attached hydrogens (tertiary/aromatic N) is 3. The average molecular weight is 499 g/mol. The molecule has 0 aromatic carbocycles. The summed E-state index contributed by atoms with van der Waals surface area (Å²) in [6, 6.07) is 4.09. The van der Waals surface area contributed by atoms with Gasteiger partial charge < -0.3 is 5.32 Å². The number of nitrogens with one attached hydrogen (secondary N) is 1. The fraction of sp³-hybridized carbons (Fsp3) is 0.538. The summed E-state index contributed by atoms with van der Waals surface area (Å²) in [5, 5.41) is 3.54. The van der Waals surface area contributed by atoms with Gasteiger partial charge in [-0.1, -0.05) is 81.9 Å². The lowest BCUT2D eigenvalue weighted by atomic mass is 9.95. The van der Waals surface area contributed by atoms with E-state index in [0.717, 1.165) is 31.2 Å². The van der Waals surface area contributed by atoms with E-state index in [2.05, 4.69) is 12.2 Å². The first kappa shape index (κ1) is 24.9. The number of unbranched alkanes of at least 4 members (excludes halogenated alkanes) is 4. The normalized spacial score (nSPS) is 18.4. The van der Waals surface area contributed by atoms with Crippen molar-refractivity contribution in [1.82, 2.24) is 14.3 Å². The molecule has 34 heavy (non-hydrogen) atoms. The zero-order chi connectivity index (χ0) is 24.1. The van der Waals surface area contributed by atoms with Crippen LogP contribution < -0.4 is 10.9 Å². The highest BCUT2D eigenvalue weighted by molar-refractivity contribution is 8.26. The fourth-order valence-electron chi connectivity index (χ4n) is 4.69. The van der Waals surface area contributed by atoms with Gasteiger partial charge in [-0.05, 0) is 43.9 Å². The highest BCUT2D eigenvalue weighted by Crippen LogP contribution is 2.34. The first-order valence-electron chi connectivity index (χ1n) is 12.5. The quantitative estimate of drug-likeness (QED) is 0.263. The molecule has 6 nitrogen and oxygen atoms in total. The summed E-state index contributed by atoms with van der Waals surface area (Å²) in [6.45, 7) is 4.78. The Labute approximate surface area is 211 Å². The van der Waals surface area contributed by atoms with Gasteiger partial charge >= 0.3 is 0 Å². The third-order valence-electron chi connectivity index (χ3n) is 6.66. The Morgan fingerprint density at radius 1 is 1.18 bits per heavy atom. The van der Waals surface area contributed by atoms with E-state index in [1.165, 1.54) is 50.3 Å². The van der Waals surface area contributed by atoms with Crippen molar-refractivity contribution in [3.8, 4) is 0 Å². The molecule has 182 valence electrons. The summed E-state index contributed by atoms with van der Waals surface area (Å²) in [7, 11) is 0. The van der Waals surface area contributed by atoms with Gasteiger partial charge in [0.05, 0.1) is 10.5 Å². The van der Waals surface area contributed by atoms with E-state index in [1.807, 2.05) is 19.1 Å². The maximum Gasteiger partial charge on any atom is 0.267 e. The van der Waals surface area contributed by atoms with Gasteiger partial charge in [-0.15, -0.1) is 0 Å². The first-order valence-corrected chi connectivity index (χ1v) is 13.8. The molecule has 2 fully saturated rings. The van der Waals surface area contributed by atoms with Crippen molar-refractivity contribution in [2.45, 2.75) is 84.1 Å². The Kier molecular flexibility index (Phi) is 8.42. The molecule has 1 aliphatic heterocycles. The molecule has 0 radical (unpaired) electrons. The van der Waals surface area contributed by atoms with Crippen molar-refractivity contribution < 1.29 is 4.79 Å². The molecule has 8 heteroatoms. The fourth-order valence-corrected chi connectivity index (χ4v) is 5.98. The van der Waals surface area contributed by atoms with E-state index in [-0.39, 0.29) is 17.5 Å². The number of aryl methyl sites for hydroxylation is 1. The number of amides is 1. The number of thioether (sulfide) groups is 1. The van der Waals surface area contributed by atoms with Crippen molar-refractivity contribution in [2.75, 3.05) is 11.9 Å². The molecule has 2 aromatic heterocycles. The summed E-state index contributed by atoms with van der Waals surface area (Å²) >= 11 is 6.80. The van der Waals surface area contributed by atoms with E-state index in [0.29, 0.717) is 32.8 Å². The van der Waals surface area contributed by atoms with E-state index in [9.17, 15) is 9.59 Å². The number of aromatic nitrogens is 2. The lowest BCUT2D eigenvalue weighted by molar-refractivity contribution is -0.122. The molecule has 1 N–H and O–H groups in total. The number of fused-ring (bicyclic) bond motifs is 1. The number of hydrogen-bond acceptors (Lipinski definition) is 6. The minimum atomic E-state index is -0.170. The van der Waals surface area contributed by atoms with Gasteiger partial charge in [-0.2, -0.15) is 0 Å². The average Bonchev–Trinajstić information content (AvgIpc) is 3.10. The van der Waals surface area contributed by atoms with Crippen LogP contribution in [-0.2, 0) is 4.79 Å². The largest absolute Gasteiger partial charge is 0.367 e. The summed E-state index contributed by atoms with van der Waals surface area (Å²) < 4.78 is 2.14. The molecule has 0 atom stereocenters. The number of carbonyl (C=O) groups is 1. The smallest absolute Gasteiger partial charge is 0.267 e. The number of carbonyl (C=O) groups excluding carboxylic acids is 1. The molecule has 2 aromatic rings. The molecule has 0 unspecified atom stereocenters. The van der Waals surface area contributed by atoms with Crippen LogP contribution in [-0.4, -0.2) is 37.1 Å². The summed E-state index contributed by atoms with van der Waals surface area (Å²) in [5.74, 6) is 0.457. The second kappa shape index (κ2) is 11.5. The Morgan fingerprint density at radius 3 is 2.71 bits per heavy atom. The molecule has 0 bridgehead atoms. The highest BCUT2D eigenvalue weighted by atomic mass is 32.2. The standard InChI is InChI=1S/C26H34N4O2S2/c1-3-4-5-6-10-15-30-25(32)21(34-26(30)33)17-20-22(27-19-13-8-7-9-14-19)28-23-18(2)12-11-16-29(23)24(20)31/h11-12,16-17,19,27H,3-10,13-15H2,1-2H3/b21-17-. The van der Waals surface area contributed by atoms with Crippen LogP contribution in [0.2, 0.25) is 0 Å². The van der Waals surface area contributed by atoms with Crippen molar-refractivity contribution in [3.63, 3.8) is 0 Å². The van der Waals surface area contributed by atoms with Crippen molar-refractivity contribution in [2.24, 2.45) is 0 Å². The van der Waals surface area contributed by atoms with Gasteiger partial charge in [0, 0.05) is 18.8 Å². The lowest BCUT2D eigenvalue weighted by Gasteiger charge is -2.24. The summed E-state index contributed by atoms with van der Waals surface area (Å²) in [4.78, 5) is 33.7. The van der Waals surface area contributed by atoms with Crippen LogP contribution in [0.15, 0.2) is 28.0 Å². The Balaban J connectivity index is 1.65. The van der Waals surface area contributed by atoms with Crippen LogP contribution in [0, 0.1) is 6.92 Å². The monoisotopic (exact) mass is 498 g/mol. The van der Waals surface area contributed by atoms with E-state index >= 15 is 0 Å². The van der Waals surface area contributed by atoms with Crippen LogP contribution in [0.1, 0.15) is 82.3 Å². The van der Waals surface area contributed by atoms with Gasteiger partial charge in [-0.25, -0.2) is 4.98 Å². The number of hydrogen-bond donors (Lipinski definition) is 1. The van der Waals surface area contributed by atoms with Crippen molar-refractivity contribution in [3.05, 3.63) is 44.7 Å². The Bertz CT molecular complexity index is 1150. The van der Waals surface area contributed by atoms with E-state index < -0.39 is 0 Å². The van der Waals surface area contributed by atoms with Gasteiger partial charge in [0.2, 0.25) is 0 Å². The molecule has 2 aliphatic rings. The SMILES string of the molecule is CCCCCCCN1C(=O)/C(=C/c2c(NC3CCCCC3)nc3c(C)cccn3c2=O)SC1=S. The minimum absolute atomic E-state index is 0.108. The zero-order valence-corrected chi connectivity index (χ0v) is 21.8. The lowest BCUT2D eigenvalue weighted by Crippen LogP contribution is -2.29. The van der Waals surface area contributed by atoms with Crippen molar-refractivity contribution >= 4 is 51.7 Å². The van der Waals surface area contributed by atoms with Crippen molar-refractivity contribution in [1.29, 1.82) is 0 Å². The number of thiocarbonyl (C=S) groups is 1. The van der Waals surface area contributed by atoms with Gasteiger partial charge in [0.25, 0.3) is 11.5 Å². The van der Waals surface area contributed by atoms with Crippen LogP contribution in [0.25, 0.3) is 11.7 Å². The van der Waals surface area contributed by atoms with Gasteiger partial charge in [0.15, 0.2) is 0 Å². The number of anilines is 1. The number of rotatable bonds is 9.